The highest BCUT2D eigenvalue weighted by molar-refractivity contribution is 14.0. The smallest absolute Gasteiger partial charge is 0.434 e. The number of rotatable bonds is 7. The number of carbonyl (C=O) groups excluding carboxylic acids is 1. The average Bonchev–Trinajstić information content (AvgIpc) is 3.17. The minimum absolute atomic E-state index is 0. The largest absolute Gasteiger partial charge is 0.497 e. The molecule has 2 aromatic rings. The van der Waals surface area contributed by atoms with Crippen molar-refractivity contribution in [1.29, 1.82) is 0 Å². The van der Waals surface area contributed by atoms with E-state index in [1.165, 1.54) is 4.90 Å². The minimum Gasteiger partial charge on any atom is -0.497 e. The van der Waals surface area contributed by atoms with Gasteiger partial charge in [-0.1, -0.05) is 12.1 Å². The Hall–Kier alpha value is -2.09. The van der Waals surface area contributed by atoms with Crippen LogP contribution in [-0.4, -0.2) is 49.5 Å². The lowest BCUT2D eigenvalue weighted by atomic mass is 10.2. The van der Waals surface area contributed by atoms with Crippen LogP contribution >= 0.6 is 35.3 Å². The normalized spacial score (nSPS) is 11.5. The molecule has 0 atom stereocenters. The second kappa shape index (κ2) is 11.9. The van der Waals surface area contributed by atoms with Gasteiger partial charge in [-0.15, -0.1) is 35.3 Å². The van der Waals surface area contributed by atoms with Crippen LogP contribution in [0.1, 0.15) is 16.3 Å². The number of aromatic nitrogens is 1. The molecule has 0 aliphatic heterocycles. The molecule has 0 unspecified atom stereocenters. The van der Waals surface area contributed by atoms with E-state index in [1.807, 2.05) is 12.1 Å². The molecule has 2 N–H and O–H groups in total. The van der Waals surface area contributed by atoms with Gasteiger partial charge in [0.05, 0.1) is 26.7 Å². The number of guanidine groups is 1. The molecule has 0 bridgehead atoms. The number of hydrogen-bond donors (Lipinski definition) is 2. The predicted molar refractivity (Wildman–Crippen MR) is 120 cm³/mol. The molecular formula is C18H23F3IN5O2S. The first-order chi connectivity index (χ1) is 13.7. The van der Waals surface area contributed by atoms with Crippen LogP contribution < -0.4 is 15.4 Å². The molecule has 166 valence electrons. The number of hydrogen-bond acceptors (Lipinski definition) is 5. The van der Waals surface area contributed by atoms with Crippen LogP contribution in [0.2, 0.25) is 0 Å². The number of amides is 1. The topological polar surface area (TPSA) is 78.8 Å². The number of halogens is 4. The summed E-state index contributed by atoms with van der Waals surface area (Å²) in [5.74, 6) is 0.840. The van der Waals surface area contributed by atoms with Gasteiger partial charge in [-0.05, 0) is 17.7 Å². The number of ether oxygens (including phenoxy) is 1. The highest BCUT2D eigenvalue weighted by Gasteiger charge is 2.33. The molecule has 0 fully saturated rings. The number of benzene rings is 1. The Balaban J connectivity index is 0.00000450. The zero-order valence-corrected chi connectivity index (χ0v) is 19.8. The second-order valence-corrected chi connectivity index (χ2v) is 7.08. The number of alkyl halides is 3. The third-order valence-electron chi connectivity index (χ3n) is 3.73. The van der Waals surface area contributed by atoms with E-state index in [4.69, 9.17) is 4.74 Å². The number of aliphatic imine (C=N–C) groups is 1. The van der Waals surface area contributed by atoms with Gasteiger partial charge in [0.15, 0.2) is 11.7 Å². The molecule has 1 heterocycles. The fourth-order valence-corrected chi connectivity index (χ4v) is 2.82. The van der Waals surface area contributed by atoms with Gasteiger partial charge in [-0.3, -0.25) is 4.79 Å². The minimum atomic E-state index is -4.48. The van der Waals surface area contributed by atoms with Crippen molar-refractivity contribution in [3.63, 3.8) is 0 Å². The van der Waals surface area contributed by atoms with Gasteiger partial charge in [0, 0.05) is 19.5 Å². The van der Waals surface area contributed by atoms with Crippen molar-refractivity contribution in [2.45, 2.75) is 19.3 Å². The summed E-state index contributed by atoms with van der Waals surface area (Å²) in [4.78, 5) is 21.2. The lowest BCUT2D eigenvalue weighted by Gasteiger charge is -2.14. The monoisotopic (exact) mass is 557 g/mol. The highest BCUT2D eigenvalue weighted by Crippen LogP contribution is 2.29. The standard InChI is InChI=1S/C18H22F3N5O2S.HI/c1-26(2)16(27)10-24-17(22-8-12-4-6-13(28-3)7-5-12)23-9-15-25-14(11-29-15)18(19,20)21;/h4-7,11H,8-10H2,1-3H3,(H2,22,23,24);1H. The van der Waals surface area contributed by atoms with Crippen LogP contribution in [0.25, 0.3) is 0 Å². The Bertz CT molecular complexity index is 841. The van der Waals surface area contributed by atoms with E-state index in [0.717, 1.165) is 28.0 Å². The van der Waals surface area contributed by atoms with Crippen molar-refractivity contribution in [2.24, 2.45) is 4.99 Å². The number of thiazole rings is 1. The van der Waals surface area contributed by atoms with Gasteiger partial charge in [0.25, 0.3) is 0 Å². The Morgan fingerprint density at radius 1 is 1.23 bits per heavy atom. The van der Waals surface area contributed by atoms with Crippen molar-refractivity contribution < 1.29 is 22.7 Å². The Morgan fingerprint density at radius 2 is 1.90 bits per heavy atom. The summed E-state index contributed by atoms with van der Waals surface area (Å²) in [7, 11) is 4.82. The van der Waals surface area contributed by atoms with Crippen molar-refractivity contribution in [1.82, 2.24) is 20.5 Å². The maximum Gasteiger partial charge on any atom is 0.434 e. The SMILES string of the molecule is COc1ccc(CN=C(NCC(=O)N(C)C)NCc2nc(C(F)(F)F)cs2)cc1.I. The first kappa shape index (κ1) is 25.9. The molecule has 0 aliphatic carbocycles. The van der Waals surface area contributed by atoms with Crippen LogP contribution in [0.5, 0.6) is 5.75 Å². The highest BCUT2D eigenvalue weighted by atomic mass is 127. The van der Waals surface area contributed by atoms with E-state index in [0.29, 0.717) is 12.5 Å². The number of nitrogens with one attached hydrogen (secondary N) is 2. The molecule has 0 radical (unpaired) electrons. The van der Waals surface area contributed by atoms with Gasteiger partial charge in [0.1, 0.15) is 10.8 Å². The molecule has 1 aromatic heterocycles. The summed E-state index contributed by atoms with van der Waals surface area (Å²) in [6, 6.07) is 7.30. The molecule has 12 heteroatoms. The summed E-state index contributed by atoms with van der Waals surface area (Å²) in [6.07, 6.45) is -4.48. The first-order valence-corrected chi connectivity index (χ1v) is 9.44. The summed E-state index contributed by atoms with van der Waals surface area (Å²) in [5, 5.41) is 7.02. The number of nitrogens with zero attached hydrogens (tertiary/aromatic N) is 3. The van der Waals surface area contributed by atoms with Crippen LogP contribution in [0.15, 0.2) is 34.6 Å². The summed E-state index contributed by atoms with van der Waals surface area (Å²) < 4.78 is 43.2. The molecule has 0 saturated carbocycles. The molecular weight excluding hydrogens is 534 g/mol. The van der Waals surface area contributed by atoms with E-state index in [9.17, 15) is 18.0 Å². The number of methoxy groups -OCH3 is 1. The second-order valence-electron chi connectivity index (χ2n) is 6.13. The zero-order valence-electron chi connectivity index (χ0n) is 16.6. The van der Waals surface area contributed by atoms with Crippen LogP contribution in [-0.2, 0) is 24.1 Å². The summed E-state index contributed by atoms with van der Waals surface area (Å²) in [5.41, 5.74) is -0.0220. The molecule has 7 nitrogen and oxygen atoms in total. The molecule has 30 heavy (non-hydrogen) atoms. The Labute approximate surface area is 193 Å². The Kier molecular flexibility index (Phi) is 10.3. The van der Waals surface area contributed by atoms with Crippen molar-refractivity contribution in [2.75, 3.05) is 27.7 Å². The van der Waals surface area contributed by atoms with E-state index in [-0.39, 0.29) is 48.0 Å². The number of likely N-dealkylation sites (N-methyl/N-ethyl adjacent to an activating group) is 1. The Morgan fingerprint density at radius 3 is 2.43 bits per heavy atom. The van der Waals surface area contributed by atoms with E-state index in [1.54, 1.807) is 33.3 Å². The lowest BCUT2D eigenvalue weighted by Crippen LogP contribution is -2.42. The van der Waals surface area contributed by atoms with Gasteiger partial charge >= 0.3 is 6.18 Å². The first-order valence-electron chi connectivity index (χ1n) is 8.56. The third-order valence-corrected chi connectivity index (χ3v) is 4.58. The molecule has 1 amide bonds. The fraction of sp³-hybridized carbons (Fsp3) is 0.389. The summed E-state index contributed by atoms with van der Waals surface area (Å²) >= 11 is 0.901. The van der Waals surface area contributed by atoms with Gasteiger partial charge in [-0.2, -0.15) is 13.2 Å². The molecule has 0 saturated heterocycles. The fourth-order valence-electron chi connectivity index (χ4n) is 2.07. The van der Waals surface area contributed by atoms with Crippen LogP contribution in [0.4, 0.5) is 13.2 Å². The van der Waals surface area contributed by atoms with E-state index >= 15 is 0 Å². The molecule has 1 aromatic carbocycles. The zero-order chi connectivity index (χ0) is 21.4. The summed E-state index contributed by atoms with van der Waals surface area (Å²) in [6.45, 7) is 0.347. The van der Waals surface area contributed by atoms with Gasteiger partial charge in [0.2, 0.25) is 5.91 Å². The van der Waals surface area contributed by atoms with Crippen LogP contribution in [0.3, 0.4) is 0 Å². The third kappa shape index (κ3) is 8.34. The molecule has 2 rings (SSSR count). The molecule has 0 aliphatic rings. The van der Waals surface area contributed by atoms with Crippen LogP contribution in [0, 0.1) is 0 Å². The quantitative estimate of drug-likeness (QED) is 0.311. The molecule has 0 spiro atoms. The maximum absolute atomic E-state index is 12.7. The average molecular weight is 557 g/mol. The van der Waals surface area contributed by atoms with Gasteiger partial charge in [-0.25, -0.2) is 9.98 Å². The van der Waals surface area contributed by atoms with Gasteiger partial charge < -0.3 is 20.3 Å². The van der Waals surface area contributed by atoms with Crippen molar-refractivity contribution >= 4 is 47.2 Å². The van der Waals surface area contributed by atoms with E-state index in [2.05, 4.69) is 20.6 Å². The lowest BCUT2D eigenvalue weighted by molar-refractivity contribution is -0.140. The number of carbonyl (C=O) groups is 1. The van der Waals surface area contributed by atoms with E-state index < -0.39 is 11.9 Å². The maximum atomic E-state index is 12.7. The van der Waals surface area contributed by atoms with Crippen molar-refractivity contribution in [3.8, 4) is 5.75 Å². The van der Waals surface area contributed by atoms with Crippen molar-refractivity contribution in [3.05, 3.63) is 45.9 Å². The predicted octanol–water partition coefficient (Wildman–Crippen LogP) is 3.11.